The van der Waals surface area contributed by atoms with Crippen LogP contribution < -0.4 is 15.8 Å². The molecule has 0 radical (unpaired) electrons. The lowest BCUT2D eigenvalue weighted by molar-refractivity contribution is 0.285. The van der Waals surface area contributed by atoms with Gasteiger partial charge in [0.2, 0.25) is 0 Å². The Morgan fingerprint density at radius 3 is 2.64 bits per heavy atom. The second kappa shape index (κ2) is 3.22. The number of benzene rings is 1. The maximum atomic E-state index is 13.3. The molecule has 4 heteroatoms. The number of halogens is 1. The van der Waals surface area contributed by atoms with Crippen molar-refractivity contribution in [3.05, 3.63) is 29.6 Å². The van der Waals surface area contributed by atoms with Crippen molar-refractivity contribution in [1.29, 1.82) is 0 Å². The molecule has 1 heterocycles. The van der Waals surface area contributed by atoms with Crippen molar-refractivity contribution in [1.82, 2.24) is 5.32 Å². The number of rotatable bonds is 2. The third-order valence-electron chi connectivity index (χ3n) is 2.61. The molecule has 0 spiro atoms. The highest BCUT2D eigenvalue weighted by atomic mass is 19.1. The first-order chi connectivity index (χ1) is 6.65. The van der Waals surface area contributed by atoms with E-state index in [1.165, 1.54) is 13.2 Å². The van der Waals surface area contributed by atoms with Gasteiger partial charge in [-0.25, -0.2) is 4.39 Å². The van der Waals surface area contributed by atoms with Crippen LogP contribution in [0.5, 0.6) is 5.75 Å². The predicted molar refractivity (Wildman–Crippen MR) is 51.7 cm³/mol. The molecule has 0 amide bonds. The monoisotopic (exact) mass is 196 g/mol. The van der Waals surface area contributed by atoms with Gasteiger partial charge in [-0.05, 0) is 17.7 Å². The van der Waals surface area contributed by atoms with Crippen LogP contribution in [0.15, 0.2) is 18.2 Å². The highest BCUT2D eigenvalue weighted by Gasteiger charge is 2.34. The highest BCUT2D eigenvalue weighted by Crippen LogP contribution is 2.26. The van der Waals surface area contributed by atoms with E-state index in [0.29, 0.717) is 13.1 Å². The van der Waals surface area contributed by atoms with Crippen molar-refractivity contribution >= 4 is 0 Å². The number of nitrogens with two attached hydrogens (primary N) is 1. The largest absolute Gasteiger partial charge is 0.494 e. The summed E-state index contributed by atoms with van der Waals surface area (Å²) >= 11 is 0. The van der Waals surface area contributed by atoms with Crippen molar-refractivity contribution in [3.63, 3.8) is 0 Å². The normalized spacial score (nSPS) is 18.8. The fourth-order valence-electron chi connectivity index (χ4n) is 1.57. The van der Waals surface area contributed by atoms with Crippen LogP contribution in [0.1, 0.15) is 5.56 Å². The van der Waals surface area contributed by atoms with Gasteiger partial charge in [-0.3, -0.25) is 0 Å². The number of hydrogen-bond acceptors (Lipinski definition) is 3. The molecule has 3 nitrogen and oxygen atoms in total. The van der Waals surface area contributed by atoms with Gasteiger partial charge in [-0.2, -0.15) is 0 Å². The van der Waals surface area contributed by atoms with Crippen LogP contribution >= 0.6 is 0 Å². The molecule has 3 N–H and O–H groups in total. The molecule has 2 rings (SSSR count). The average molecular weight is 196 g/mol. The van der Waals surface area contributed by atoms with Crippen molar-refractivity contribution in [2.45, 2.75) is 5.54 Å². The van der Waals surface area contributed by atoms with Crippen molar-refractivity contribution < 1.29 is 9.13 Å². The topological polar surface area (TPSA) is 47.3 Å². The Balaban J connectivity index is 2.32. The van der Waals surface area contributed by atoms with Crippen LogP contribution in [0.3, 0.4) is 0 Å². The Bertz CT molecular complexity index is 350. The lowest BCUT2D eigenvalue weighted by atomic mass is 9.85. The Labute approximate surface area is 82.1 Å². The van der Waals surface area contributed by atoms with Crippen LogP contribution in [0.25, 0.3) is 0 Å². The summed E-state index contributed by atoms with van der Waals surface area (Å²) in [7, 11) is 1.45. The molecule has 1 aliphatic rings. The third-order valence-corrected chi connectivity index (χ3v) is 2.61. The molecule has 1 aromatic carbocycles. The van der Waals surface area contributed by atoms with Gasteiger partial charge in [-0.15, -0.1) is 0 Å². The second-order valence-electron chi connectivity index (χ2n) is 3.61. The van der Waals surface area contributed by atoms with Crippen molar-refractivity contribution in [2.24, 2.45) is 5.73 Å². The predicted octanol–water partition coefficient (Wildman–Crippen LogP) is 0.592. The fraction of sp³-hybridized carbons (Fsp3) is 0.400. The van der Waals surface area contributed by atoms with Crippen LogP contribution in [0, 0.1) is 5.82 Å². The maximum Gasteiger partial charge on any atom is 0.165 e. The summed E-state index contributed by atoms with van der Waals surface area (Å²) in [4.78, 5) is 0. The Kier molecular flexibility index (Phi) is 2.17. The van der Waals surface area contributed by atoms with Gasteiger partial charge in [-0.1, -0.05) is 6.07 Å². The molecule has 0 atom stereocenters. The zero-order chi connectivity index (χ0) is 10.2. The van der Waals surface area contributed by atoms with Gasteiger partial charge in [0, 0.05) is 13.1 Å². The first-order valence-corrected chi connectivity index (χ1v) is 4.49. The lowest BCUT2D eigenvalue weighted by Crippen LogP contribution is -2.62. The maximum absolute atomic E-state index is 13.3. The molecule has 1 fully saturated rings. The Morgan fingerprint density at radius 1 is 1.50 bits per heavy atom. The Morgan fingerprint density at radius 2 is 2.21 bits per heavy atom. The molecule has 0 unspecified atom stereocenters. The van der Waals surface area contributed by atoms with Gasteiger partial charge in [0.15, 0.2) is 11.6 Å². The second-order valence-corrected chi connectivity index (χ2v) is 3.61. The summed E-state index contributed by atoms with van der Waals surface area (Å²) in [6.07, 6.45) is 0. The molecular formula is C10H13FN2O. The molecule has 1 aliphatic heterocycles. The summed E-state index contributed by atoms with van der Waals surface area (Å²) in [6, 6.07) is 4.86. The zero-order valence-corrected chi connectivity index (χ0v) is 8.01. The quantitative estimate of drug-likeness (QED) is 0.727. The third kappa shape index (κ3) is 1.36. The molecule has 0 saturated carbocycles. The SMILES string of the molecule is COc1ccc(C2(N)CNC2)cc1F. The first-order valence-electron chi connectivity index (χ1n) is 4.49. The van der Waals surface area contributed by atoms with Gasteiger partial charge in [0.25, 0.3) is 0 Å². The fourth-order valence-corrected chi connectivity index (χ4v) is 1.57. The van der Waals surface area contributed by atoms with E-state index in [1.807, 2.05) is 6.07 Å². The molecule has 0 aromatic heterocycles. The van der Waals surface area contributed by atoms with Crippen molar-refractivity contribution in [3.8, 4) is 5.75 Å². The van der Waals surface area contributed by atoms with E-state index < -0.39 is 5.54 Å². The summed E-state index contributed by atoms with van der Waals surface area (Å²) in [5.41, 5.74) is 6.42. The summed E-state index contributed by atoms with van der Waals surface area (Å²) in [5, 5.41) is 3.07. The van der Waals surface area contributed by atoms with E-state index >= 15 is 0 Å². The van der Waals surface area contributed by atoms with Gasteiger partial charge in [0.05, 0.1) is 12.6 Å². The smallest absolute Gasteiger partial charge is 0.165 e. The number of hydrogen-bond donors (Lipinski definition) is 2. The van der Waals surface area contributed by atoms with Gasteiger partial charge in [0.1, 0.15) is 0 Å². The highest BCUT2D eigenvalue weighted by molar-refractivity contribution is 5.35. The summed E-state index contributed by atoms with van der Waals surface area (Å²) in [5.74, 6) is -0.105. The first kappa shape index (κ1) is 9.43. The average Bonchev–Trinajstić information content (AvgIpc) is 2.14. The molecule has 14 heavy (non-hydrogen) atoms. The van der Waals surface area contributed by atoms with Gasteiger partial charge < -0.3 is 15.8 Å². The molecule has 0 aliphatic carbocycles. The number of methoxy groups -OCH3 is 1. The zero-order valence-electron chi connectivity index (χ0n) is 8.01. The standard InChI is InChI=1S/C10H13FN2O/c1-14-9-3-2-7(4-8(9)11)10(12)5-13-6-10/h2-4,13H,5-6,12H2,1H3. The summed E-state index contributed by atoms with van der Waals surface area (Å²) < 4.78 is 18.2. The minimum atomic E-state index is -0.410. The minimum Gasteiger partial charge on any atom is -0.494 e. The summed E-state index contributed by atoms with van der Waals surface area (Å²) in [6.45, 7) is 1.39. The minimum absolute atomic E-state index is 0.254. The van der Waals surface area contributed by atoms with Crippen LogP contribution in [0.2, 0.25) is 0 Å². The van der Waals surface area contributed by atoms with E-state index in [-0.39, 0.29) is 11.6 Å². The van der Waals surface area contributed by atoms with Gasteiger partial charge >= 0.3 is 0 Å². The molecule has 1 aromatic rings. The van der Waals surface area contributed by atoms with E-state index in [0.717, 1.165) is 5.56 Å². The van der Waals surface area contributed by atoms with Crippen molar-refractivity contribution in [2.75, 3.05) is 20.2 Å². The van der Waals surface area contributed by atoms with Crippen LogP contribution in [-0.4, -0.2) is 20.2 Å². The van der Waals surface area contributed by atoms with E-state index in [9.17, 15) is 4.39 Å². The van der Waals surface area contributed by atoms with E-state index in [1.54, 1.807) is 6.07 Å². The molecule has 76 valence electrons. The molecule has 1 saturated heterocycles. The molecular weight excluding hydrogens is 183 g/mol. The lowest BCUT2D eigenvalue weighted by Gasteiger charge is -2.39. The number of nitrogens with one attached hydrogen (secondary N) is 1. The van der Waals surface area contributed by atoms with E-state index in [4.69, 9.17) is 10.5 Å². The van der Waals surface area contributed by atoms with Crippen LogP contribution in [-0.2, 0) is 5.54 Å². The molecule has 0 bridgehead atoms. The Hall–Kier alpha value is -1.13. The van der Waals surface area contributed by atoms with Crippen LogP contribution in [0.4, 0.5) is 4.39 Å². The van der Waals surface area contributed by atoms with E-state index in [2.05, 4.69) is 5.32 Å². The number of ether oxygens (including phenoxy) is 1.